The van der Waals surface area contributed by atoms with Crippen LogP contribution in [0.2, 0.25) is 10.0 Å². The molecule has 0 radical (unpaired) electrons. The van der Waals surface area contributed by atoms with Crippen LogP contribution < -0.4 is 5.32 Å². The highest BCUT2D eigenvalue weighted by Gasteiger charge is 2.25. The number of thioether (sulfide) groups is 1. The van der Waals surface area contributed by atoms with Crippen LogP contribution in [-0.2, 0) is 21.9 Å². The summed E-state index contributed by atoms with van der Waals surface area (Å²) in [5.74, 6) is 0.756. The maximum Gasteiger partial charge on any atom is 0.242 e. The SMILES string of the molecule is CCCNC(=O)[C@@H](C)N(Cc1cccc(Cl)c1)C(=O)CSCc1ccc(Cl)cc1. The molecule has 1 N–H and O–H groups in total. The number of hydrogen-bond donors (Lipinski definition) is 1. The average Bonchev–Trinajstić information content (AvgIpc) is 2.71. The zero-order valence-corrected chi connectivity index (χ0v) is 19.0. The highest BCUT2D eigenvalue weighted by atomic mass is 35.5. The lowest BCUT2D eigenvalue weighted by Crippen LogP contribution is -2.48. The third-order valence-corrected chi connectivity index (χ3v) is 5.84. The van der Waals surface area contributed by atoms with Crippen molar-refractivity contribution in [3.63, 3.8) is 0 Å². The monoisotopic (exact) mass is 452 g/mol. The van der Waals surface area contributed by atoms with Gasteiger partial charge in [-0.25, -0.2) is 0 Å². The van der Waals surface area contributed by atoms with Crippen LogP contribution in [0, 0.1) is 0 Å². The van der Waals surface area contributed by atoms with Crippen molar-refractivity contribution in [3.05, 3.63) is 69.7 Å². The van der Waals surface area contributed by atoms with E-state index in [9.17, 15) is 9.59 Å². The molecule has 0 heterocycles. The third kappa shape index (κ3) is 7.92. The molecule has 2 amide bonds. The number of benzene rings is 2. The molecule has 1 atom stereocenters. The molecular formula is C22H26Cl2N2O2S. The van der Waals surface area contributed by atoms with Gasteiger partial charge in [0.15, 0.2) is 0 Å². The molecule has 0 spiro atoms. The van der Waals surface area contributed by atoms with E-state index in [4.69, 9.17) is 23.2 Å². The van der Waals surface area contributed by atoms with Crippen molar-refractivity contribution in [1.82, 2.24) is 10.2 Å². The highest BCUT2D eigenvalue weighted by molar-refractivity contribution is 7.99. The van der Waals surface area contributed by atoms with Crippen molar-refractivity contribution in [1.29, 1.82) is 0 Å². The Morgan fingerprint density at radius 3 is 2.45 bits per heavy atom. The summed E-state index contributed by atoms with van der Waals surface area (Å²) in [6, 6.07) is 14.4. The quantitative estimate of drug-likeness (QED) is 0.540. The summed E-state index contributed by atoms with van der Waals surface area (Å²) in [5, 5.41) is 4.17. The molecule has 7 heteroatoms. The molecule has 29 heavy (non-hydrogen) atoms. The molecule has 0 aliphatic rings. The summed E-state index contributed by atoms with van der Waals surface area (Å²) in [4.78, 5) is 27.1. The first kappa shape index (κ1) is 23.6. The van der Waals surface area contributed by atoms with E-state index in [1.807, 2.05) is 49.4 Å². The number of carbonyl (C=O) groups excluding carboxylic acids is 2. The van der Waals surface area contributed by atoms with Gasteiger partial charge in [0.1, 0.15) is 6.04 Å². The fourth-order valence-corrected chi connectivity index (χ4v) is 3.94. The van der Waals surface area contributed by atoms with Gasteiger partial charge in [-0.1, -0.05) is 54.4 Å². The minimum atomic E-state index is -0.566. The van der Waals surface area contributed by atoms with E-state index in [1.54, 1.807) is 17.9 Å². The molecule has 0 aliphatic carbocycles. The second kappa shape index (κ2) is 12.1. The molecule has 0 saturated carbocycles. The van der Waals surface area contributed by atoms with Crippen LogP contribution in [-0.4, -0.2) is 35.1 Å². The number of nitrogens with zero attached hydrogens (tertiary/aromatic N) is 1. The second-order valence-corrected chi connectivity index (χ2v) is 8.60. The third-order valence-electron chi connectivity index (χ3n) is 4.37. The lowest BCUT2D eigenvalue weighted by Gasteiger charge is -2.28. The van der Waals surface area contributed by atoms with E-state index < -0.39 is 6.04 Å². The van der Waals surface area contributed by atoms with Gasteiger partial charge in [0.05, 0.1) is 5.75 Å². The first-order valence-electron chi connectivity index (χ1n) is 9.54. The number of hydrogen-bond acceptors (Lipinski definition) is 3. The van der Waals surface area contributed by atoms with Crippen LogP contribution >= 0.6 is 35.0 Å². The van der Waals surface area contributed by atoms with Gasteiger partial charge in [0.25, 0.3) is 0 Å². The minimum Gasteiger partial charge on any atom is -0.354 e. The van der Waals surface area contributed by atoms with Gasteiger partial charge < -0.3 is 10.2 Å². The summed E-state index contributed by atoms with van der Waals surface area (Å²) in [5.41, 5.74) is 1.99. The molecule has 2 aromatic carbocycles. The van der Waals surface area contributed by atoms with Crippen LogP contribution in [0.25, 0.3) is 0 Å². The van der Waals surface area contributed by atoms with Crippen molar-refractivity contribution < 1.29 is 9.59 Å². The van der Waals surface area contributed by atoms with Crippen LogP contribution in [0.5, 0.6) is 0 Å². The average molecular weight is 453 g/mol. The molecule has 0 aromatic heterocycles. The molecule has 0 aliphatic heterocycles. The summed E-state index contributed by atoms with van der Waals surface area (Å²) in [6.45, 7) is 4.68. The maximum atomic E-state index is 13.0. The summed E-state index contributed by atoms with van der Waals surface area (Å²) >= 11 is 13.5. The van der Waals surface area contributed by atoms with E-state index in [2.05, 4.69) is 5.32 Å². The zero-order chi connectivity index (χ0) is 21.2. The van der Waals surface area contributed by atoms with Gasteiger partial charge >= 0.3 is 0 Å². The Morgan fingerprint density at radius 2 is 1.79 bits per heavy atom. The number of amides is 2. The number of rotatable bonds is 10. The Balaban J connectivity index is 2.04. The van der Waals surface area contributed by atoms with Gasteiger partial charge in [-0.05, 0) is 48.7 Å². The van der Waals surface area contributed by atoms with Crippen LogP contribution in [0.4, 0.5) is 0 Å². The Kier molecular flexibility index (Phi) is 9.85. The highest BCUT2D eigenvalue weighted by Crippen LogP contribution is 2.19. The van der Waals surface area contributed by atoms with Crippen LogP contribution in [0.3, 0.4) is 0 Å². The molecular weight excluding hydrogens is 427 g/mol. The Hall–Kier alpha value is -1.69. The minimum absolute atomic E-state index is 0.0805. The van der Waals surface area contributed by atoms with Crippen molar-refractivity contribution in [2.45, 2.75) is 38.6 Å². The van der Waals surface area contributed by atoms with E-state index in [0.717, 1.165) is 17.5 Å². The van der Waals surface area contributed by atoms with E-state index >= 15 is 0 Å². The first-order valence-corrected chi connectivity index (χ1v) is 11.5. The van der Waals surface area contributed by atoms with Gasteiger partial charge in [0.2, 0.25) is 11.8 Å². The topological polar surface area (TPSA) is 49.4 Å². The number of halogens is 2. The Morgan fingerprint density at radius 1 is 1.07 bits per heavy atom. The van der Waals surface area contributed by atoms with Gasteiger partial charge in [0, 0.05) is 28.9 Å². The number of carbonyl (C=O) groups is 2. The molecule has 0 fully saturated rings. The van der Waals surface area contributed by atoms with Crippen molar-refractivity contribution >= 4 is 46.8 Å². The molecule has 0 saturated heterocycles. The summed E-state index contributed by atoms with van der Waals surface area (Å²) < 4.78 is 0. The summed E-state index contributed by atoms with van der Waals surface area (Å²) in [6.07, 6.45) is 0.845. The van der Waals surface area contributed by atoms with Crippen molar-refractivity contribution in [2.24, 2.45) is 0 Å². The van der Waals surface area contributed by atoms with Crippen molar-refractivity contribution in [2.75, 3.05) is 12.3 Å². The van der Waals surface area contributed by atoms with Crippen molar-refractivity contribution in [3.8, 4) is 0 Å². The maximum absolute atomic E-state index is 13.0. The predicted octanol–water partition coefficient (Wildman–Crippen LogP) is 5.17. The Bertz CT molecular complexity index is 815. The Labute approximate surface area is 187 Å². The van der Waals surface area contributed by atoms with E-state index in [0.29, 0.717) is 28.9 Å². The molecule has 2 rings (SSSR count). The largest absolute Gasteiger partial charge is 0.354 e. The van der Waals surface area contributed by atoms with Crippen LogP contribution in [0.1, 0.15) is 31.4 Å². The smallest absolute Gasteiger partial charge is 0.242 e. The fourth-order valence-electron chi connectivity index (χ4n) is 2.73. The molecule has 2 aromatic rings. The van der Waals surface area contributed by atoms with E-state index in [1.165, 1.54) is 11.8 Å². The van der Waals surface area contributed by atoms with Crippen LogP contribution in [0.15, 0.2) is 48.5 Å². The lowest BCUT2D eigenvalue weighted by atomic mass is 10.1. The standard InChI is InChI=1S/C22H26Cl2N2O2S/c1-3-11-25-22(28)16(2)26(13-18-5-4-6-20(24)12-18)21(27)15-29-14-17-7-9-19(23)10-8-17/h4-10,12,16H,3,11,13-15H2,1-2H3,(H,25,28)/t16-/m1/s1. The lowest BCUT2D eigenvalue weighted by molar-refractivity contribution is -0.138. The second-order valence-electron chi connectivity index (χ2n) is 6.74. The first-order chi connectivity index (χ1) is 13.9. The predicted molar refractivity (Wildman–Crippen MR) is 122 cm³/mol. The normalized spacial score (nSPS) is 11.7. The fraction of sp³-hybridized carbons (Fsp3) is 0.364. The summed E-state index contributed by atoms with van der Waals surface area (Å²) in [7, 11) is 0. The van der Waals surface area contributed by atoms with Gasteiger partial charge in [-0.2, -0.15) is 0 Å². The number of nitrogens with one attached hydrogen (secondary N) is 1. The molecule has 156 valence electrons. The zero-order valence-electron chi connectivity index (χ0n) is 16.7. The van der Waals surface area contributed by atoms with E-state index in [-0.39, 0.29) is 17.6 Å². The molecule has 0 bridgehead atoms. The van der Waals surface area contributed by atoms with Gasteiger partial charge in [-0.3, -0.25) is 9.59 Å². The molecule has 0 unspecified atom stereocenters. The van der Waals surface area contributed by atoms with Gasteiger partial charge in [-0.15, -0.1) is 11.8 Å². The molecule has 4 nitrogen and oxygen atoms in total.